The predicted octanol–water partition coefficient (Wildman–Crippen LogP) is 1.01. The fourth-order valence-corrected chi connectivity index (χ4v) is 2.26. The molecule has 0 atom stereocenters. The van der Waals surface area contributed by atoms with Crippen LogP contribution < -0.4 is 11.1 Å². The molecular formula is C16H19FN4O3. The van der Waals surface area contributed by atoms with Crippen molar-refractivity contribution in [1.29, 1.82) is 0 Å². The van der Waals surface area contributed by atoms with Gasteiger partial charge in [0.25, 0.3) is 5.91 Å². The van der Waals surface area contributed by atoms with E-state index in [4.69, 9.17) is 10.5 Å². The zero-order valence-corrected chi connectivity index (χ0v) is 13.3. The number of carbonyl (C=O) groups is 2. The summed E-state index contributed by atoms with van der Waals surface area (Å²) < 4.78 is 19.2. The number of rotatable bonds is 8. The summed E-state index contributed by atoms with van der Waals surface area (Å²) in [5, 5.41) is 9.33. The quantitative estimate of drug-likeness (QED) is 0.669. The van der Waals surface area contributed by atoms with Gasteiger partial charge in [0.1, 0.15) is 5.82 Å². The number of amides is 2. The van der Waals surface area contributed by atoms with E-state index in [-0.39, 0.29) is 24.2 Å². The molecule has 0 unspecified atom stereocenters. The summed E-state index contributed by atoms with van der Waals surface area (Å²) in [6.45, 7) is 0.484. The summed E-state index contributed by atoms with van der Waals surface area (Å²) >= 11 is 0. The Morgan fingerprint density at radius 1 is 1.38 bits per heavy atom. The first-order chi connectivity index (χ1) is 11.5. The molecule has 0 bridgehead atoms. The molecule has 2 amide bonds. The maximum absolute atomic E-state index is 14.2. The monoisotopic (exact) mass is 334 g/mol. The first-order valence-corrected chi connectivity index (χ1v) is 7.42. The fraction of sp³-hybridized carbons (Fsp3) is 0.312. The molecule has 8 heteroatoms. The third-order valence-electron chi connectivity index (χ3n) is 3.41. The van der Waals surface area contributed by atoms with E-state index in [0.29, 0.717) is 24.3 Å². The molecule has 0 aliphatic rings. The molecule has 2 aromatic rings. The highest BCUT2D eigenvalue weighted by Crippen LogP contribution is 2.29. The second-order valence-corrected chi connectivity index (χ2v) is 5.12. The van der Waals surface area contributed by atoms with Gasteiger partial charge in [-0.15, -0.1) is 0 Å². The number of nitrogens with two attached hydrogens (primary N) is 1. The van der Waals surface area contributed by atoms with E-state index >= 15 is 0 Å². The predicted molar refractivity (Wildman–Crippen MR) is 85.7 cm³/mol. The van der Waals surface area contributed by atoms with E-state index in [1.807, 2.05) is 0 Å². The first-order valence-electron chi connectivity index (χ1n) is 7.42. The van der Waals surface area contributed by atoms with E-state index in [2.05, 4.69) is 15.5 Å². The standard InChI is InChI=1S/C16H19FN4O3/c1-24-9-7-12-14(10-4-2-3-5-11(10)17)15(21-20-12)16(23)19-8-6-13(18)22/h2-5H,6-9H2,1H3,(H2,18,22)(H,19,23)(H,20,21). The van der Waals surface area contributed by atoms with Crippen molar-refractivity contribution in [2.45, 2.75) is 12.8 Å². The molecule has 0 spiro atoms. The van der Waals surface area contributed by atoms with Crippen LogP contribution in [0.5, 0.6) is 0 Å². The number of aromatic amines is 1. The summed E-state index contributed by atoms with van der Waals surface area (Å²) in [6, 6.07) is 6.15. The van der Waals surface area contributed by atoms with Gasteiger partial charge in [-0.05, 0) is 6.07 Å². The number of nitrogens with one attached hydrogen (secondary N) is 2. The first kappa shape index (κ1) is 17.6. The number of primary amides is 1. The molecule has 4 N–H and O–H groups in total. The Hall–Kier alpha value is -2.74. The van der Waals surface area contributed by atoms with Gasteiger partial charge in [0.15, 0.2) is 5.69 Å². The number of halogens is 1. The van der Waals surface area contributed by atoms with Gasteiger partial charge in [-0.25, -0.2) is 4.39 Å². The summed E-state index contributed by atoms with van der Waals surface area (Å²) in [7, 11) is 1.55. The van der Waals surface area contributed by atoms with Crippen LogP contribution in [0.1, 0.15) is 22.6 Å². The molecule has 1 aromatic heterocycles. The highest BCUT2D eigenvalue weighted by atomic mass is 19.1. The van der Waals surface area contributed by atoms with E-state index < -0.39 is 17.6 Å². The van der Waals surface area contributed by atoms with Gasteiger partial charge >= 0.3 is 0 Å². The van der Waals surface area contributed by atoms with Gasteiger partial charge in [-0.1, -0.05) is 18.2 Å². The van der Waals surface area contributed by atoms with Gasteiger partial charge in [-0.3, -0.25) is 14.7 Å². The van der Waals surface area contributed by atoms with Crippen LogP contribution in [0.15, 0.2) is 24.3 Å². The number of methoxy groups -OCH3 is 1. The van der Waals surface area contributed by atoms with E-state index in [1.54, 1.807) is 25.3 Å². The van der Waals surface area contributed by atoms with Crippen molar-refractivity contribution in [1.82, 2.24) is 15.5 Å². The van der Waals surface area contributed by atoms with Crippen molar-refractivity contribution in [2.24, 2.45) is 5.73 Å². The number of aromatic nitrogens is 2. The Balaban J connectivity index is 2.34. The maximum Gasteiger partial charge on any atom is 0.272 e. The van der Waals surface area contributed by atoms with Crippen molar-refractivity contribution in [3.8, 4) is 11.1 Å². The largest absolute Gasteiger partial charge is 0.384 e. The molecule has 0 saturated heterocycles. The Labute approximate surface area is 138 Å². The average Bonchev–Trinajstić information content (AvgIpc) is 2.96. The Morgan fingerprint density at radius 3 is 2.79 bits per heavy atom. The molecular weight excluding hydrogens is 315 g/mol. The third-order valence-corrected chi connectivity index (χ3v) is 3.41. The minimum atomic E-state index is -0.521. The highest BCUT2D eigenvalue weighted by Gasteiger charge is 2.22. The van der Waals surface area contributed by atoms with Crippen LogP contribution in [-0.2, 0) is 16.0 Å². The number of hydrogen-bond acceptors (Lipinski definition) is 4. The fourth-order valence-electron chi connectivity index (χ4n) is 2.26. The van der Waals surface area contributed by atoms with Crippen molar-refractivity contribution < 1.29 is 18.7 Å². The van der Waals surface area contributed by atoms with Crippen molar-refractivity contribution in [3.05, 3.63) is 41.5 Å². The van der Waals surface area contributed by atoms with Crippen LogP contribution in [0.3, 0.4) is 0 Å². The molecule has 0 fully saturated rings. The van der Waals surface area contributed by atoms with Crippen molar-refractivity contribution >= 4 is 11.8 Å². The van der Waals surface area contributed by atoms with E-state index in [1.165, 1.54) is 6.07 Å². The Kier molecular flexibility index (Phi) is 6.02. The lowest BCUT2D eigenvalue weighted by atomic mass is 10.0. The molecule has 2 rings (SSSR count). The third kappa shape index (κ3) is 4.17. The summed E-state index contributed by atoms with van der Waals surface area (Å²) in [5.41, 5.74) is 6.37. The zero-order chi connectivity index (χ0) is 17.5. The minimum Gasteiger partial charge on any atom is -0.384 e. The number of benzene rings is 1. The number of nitrogens with zero attached hydrogens (tertiary/aromatic N) is 1. The number of ether oxygens (including phenoxy) is 1. The van der Waals surface area contributed by atoms with Gasteiger partial charge in [0, 0.05) is 43.3 Å². The van der Waals surface area contributed by atoms with Crippen molar-refractivity contribution in [3.63, 3.8) is 0 Å². The lowest BCUT2D eigenvalue weighted by molar-refractivity contribution is -0.117. The molecule has 24 heavy (non-hydrogen) atoms. The highest BCUT2D eigenvalue weighted by molar-refractivity contribution is 5.99. The van der Waals surface area contributed by atoms with Crippen LogP contribution in [-0.4, -0.2) is 42.3 Å². The number of hydrogen-bond donors (Lipinski definition) is 3. The molecule has 0 radical (unpaired) electrons. The summed E-state index contributed by atoms with van der Waals surface area (Å²) in [4.78, 5) is 23.1. The summed E-state index contributed by atoms with van der Waals surface area (Å²) in [6.07, 6.45) is 0.462. The van der Waals surface area contributed by atoms with Crippen LogP contribution in [0.4, 0.5) is 4.39 Å². The van der Waals surface area contributed by atoms with Crippen LogP contribution in [0, 0.1) is 5.82 Å². The average molecular weight is 334 g/mol. The molecule has 0 saturated carbocycles. The molecule has 128 valence electrons. The second kappa shape index (κ2) is 8.21. The normalized spacial score (nSPS) is 10.6. The van der Waals surface area contributed by atoms with Gasteiger partial charge in [0.2, 0.25) is 5.91 Å². The lowest BCUT2D eigenvalue weighted by Gasteiger charge is -2.08. The topological polar surface area (TPSA) is 110 Å². The second-order valence-electron chi connectivity index (χ2n) is 5.12. The Bertz CT molecular complexity index is 730. The zero-order valence-electron chi connectivity index (χ0n) is 13.3. The number of H-pyrrole nitrogens is 1. The van der Waals surface area contributed by atoms with Crippen molar-refractivity contribution in [2.75, 3.05) is 20.3 Å². The van der Waals surface area contributed by atoms with Gasteiger partial charge in [0.05, 0.1) is 6.61 Å². The maximum atomic E-state index is 14.2. The van der Waals surface area contributed by atoms with E-state index in [0.717, 1.165) is 0 Å². The molecule has 7 nitrogen and oxygen atoms in total. The lowest BCUT2D eigenvalue weighted by Crippen LogP contribution is -2.28. The van der Waals surface area contributed by atoms with Gasteiger partial charge in [-0.2, -0.15) is 5.10 Å². The molecule has 0 aliphatic heterocycles. The van der Waals surface area contributed by atoms with Gasteiger partial charge < -0.3 is 15.8 Å². The minimum absolute atomic E-state index is 0.0156. The van der Waals surface area contributed by atoms with Crippen LogP contribution in [0.2, 0.25) is 0 Å². The summed E-state index contributed by atoms with van der Waals surface area (Å²) in [5.74, 6) is -1.48. The van der Waals surface area contributed by atoms with Crippen LogP contribution >= 0.6 is 0 Å². The Morgan fingerprint density at radius 2 is 2.12 bits per heavy atom. The number of carbonyl (C=O) groups excluding carboxylic acids is 2. The molecule has 1 heterocycles. The van der Waals surface area contributed by atoms with Crippen LogP contribution in [0.25, 0.3) is 11.1 Å². The SMILES string of the molecule is COCCc1[nH]nc(C(=O)NCCC(N)=O)c1-c1ccccc1F. The molecule has 0 aliphatic carbocycles. The van der Waals surface area contributed by atoms with E-state index in [9.17, 15) is 14.0 Å². The smallest absolute Gasteiger partial charge is 0.272 e. The molecule has 1 aromatic carbocycles.